The summed E-state index contributed by atoms with van der Waals surface area (Å²) in [5, 5.41) is 1.12. The summed E-state index contributed by atoms with van der Waals surface area (Å²) >= 11 is 5.30. The van der Waals surface area contributed by atoms with Gasteiger partial charge in [0.05, 0.1) is 13.2 Å². The van der Waals surface area contributed by atoms with Gasteiger partial charge in [-0.15, -0.1) is 0 Å². The zero-order valence-electron chi connectivity index (χ0n) is 8.60. The van der Waals surface area contributed by atoms with E-state index < -0.39 is 0 Å². The van der Waals surface area contributed by atoms with Gasteiger partial charge in [0.2, 0.25) is 0 Å². The van der Waals surface area contributed by atoms with Crippen LogP contribution in [0, 0.1) is 4.64 Å². The maximum atomic E-state index is 5.46. The molecule has 0 unspecified atom stereocenters. The number of nitrogens with one attached hydrogen (secondary N) is 1. The van der Waals surface area contributed by atoms with Crippen molar-refractivity contribution >= 4 is 23.1 Å². The Bertz CT molecular complexity index is 572. The predicted octanol–water partition coefficient (Wildman–Crippen LogP) is 2.94. The fourth-order valence-electron chi connectivity index (χ4n) is 1.88. The van der Waals surface area contributed by atoms with Gasteiger partial charge in [-0.1, -0.05) is 30.4 Å². The first-order valence-corrected chi connectivity index (χ1v) is 5.60. The maximum absolute atomic E-state index is 5.46. The number of aromatic amines is 1. The van der Waals surface area contributed by atoms with Gasteiger partial charge < -0.3 is 14.5 Å². The Hall–Kier alpha value is -1.23. The minimum atomic E-state index is -0.312. The minimum Gasteiger partial charge on any atom is -0.346 e. The van der Waals surface area contributed by atoms with Crippen LogP contribution in [-0.2, 0) is 9.47 Å². The molecule has 1 N–H and O–H groups in total. The molecule has 3 nitrogen and oxygen atoms in total. The van der Waals surface area contributed by atoms with Crippen LogP contribution in [0.5, 0.6) is 0 Å². The molecule has 1 saturated heterocycles. The molecule has 0 atom stereocenters. The van der Waals surface area contributed by atoms with Gasteiger partial charge in [-0.3, -0.25) is 0 Å². The third-order valence-electron chi connectivity index (χ3n) is 2.66. The summed E-state index contributed by atoms with van der Waals surface area (Å²) < 4.78 is 11.6. The molecule has 0 spiro atoms. The van der Waals surface area contributed by atoms with Crippen molar-refractivity contribution in [3.8, 4) is 0 Å². The Labute approximate surface area is 98.0 Å². The normalized spacial score (nSPS) is 17.0. The molecule has 0 radical (unpaired) electrons. The lowest BCUT2D eigenvalue weighted by Gasteiger charge is -2.10. The fourth-order valence-corrected chi connectivity index (χ4v) is 2.14. The van der Waals surface area contributed by atoms with E-state index >= 15 is 0 Å². The molecule has 4 heteroatoms. The Morgan fingerprint density at radius 1 is 1.19 bits per heavy atom. The van der Waals surface area contributed by atoms with Gasteiger partial charge in [0.15, 0.2) is 6.29 Å². The molecule has 16 heavy (non-hydrogen) atoms. The lowest BCUT2D eigenvalue weighted by molar-refractivity contribution is -0.0445. The van der Waals surface area contributed by atoms with Gasteiger partial charge >= 0.3 is 0 Å². The molecule has 1 fully saturated rings. The van der Waals surface area contributed by atoms with Crippen LogP contribution in [-0.4, -0.2) is 18.2 Å². The van der Waals surface area contributed by atoms with E-state index in [-0.39, 0.29) is 6.29 Å². The monoisotopic (exact) mass is 233 g/mol. The van der Waals surface area contributed by atoms with Crippen LogP contribution in [0.1, 0.15) is 11.9 Å². The molecule has 0 amide bonds. The molecule has 0 aliphatic carbocycles. The van der Waals surface area contributed by atoms with Gasteiger partial charge in [0, 0.05) is 11.1 Å². The Morgan fingerprint density at radius 2 is 1.94 bits per heavy atom. The van der Waals surface area contributed by atoms with Crippen LogP contribution >= 0.6 is 12.2 Å². The molecule has 82 valence electrons. The molecular formula is C12H11NO2S. The lowest BCUT2D eigenvalue weighted by atomic mass is 10.1. The molecular weight excluding hydrogens is 222 g/mol. The van der Waals surface area contributed by atoms with E-state index in [0.717, 1.165) is 16.5 Å². The number of fused-ring (bicyclic) bond motifs is 1. The van der Waals surface area contributed by atoms with Crippen molar-refractivity contribution in [2.24, 2.45) is 0 Å². The number of para-hydroxylation sites is 1. The van der Waals surface area contributed by atoms with Gasteiger partial charge in [-0.25, -0.2) is 0 Å². The second kappa shape index (κ2) is 3.97. The maximum Gasteiger partial charge on any atom is 0.186 e. The van der Waals surface area contributed by atoms with Crippen LogP contribution in [0.15, 0.2) is 30.3 Å². The number of pyridine rings is 1. The standard InChI is InChI=1S/C12H11NO2S/c16-11-9(12-14-5-6-15-12)7-8-3-1-2-4-10(8)13-11/h1-4,7,12H,5-6H2,(H,13,16). The van der Waals surface area contributed by atoms with Crippen molar-refractivity contribution in [2.75, 3.05) is 13.2 Å². The largest absolute Gasteiger partial charge is 0.346 e. The van der Waals surface area contributed by atoms with E-state index in [1.807, 2.05) is 30.3 Å². The molecule has 2 heterocycles. The predicted molar refractivity (Wildman–Crippen MR) is 63.8 cm³/mol. The summed E-state index contributed by atoms with van der Waals surface area (Å²) in [4.78, 5) is 3.19. The average molecular weight is 233 g/mol. The van der Waals surface area contributed by atoms with Crippen molar-refractivity contribution < 1.29 is 9.47 Å². The Morgan fingerprint density at radius 3 is 2.75 bits per heavy atom. The number of ether oxygens (including phenoxy) is 2. The van der Waals surface area contributed by atoms with Crippen molar-refractivity contribution in [3.05, 3.63) is 40.5 Å². The highest BCUT2D eigenvalue weighted by Crippen LogP contribution is 2.26. The van der Waals surface area contributed by atoms with E-state index in [2.05, 4.69) is 4.98 Å². The van der Waals surface area contributed by atoms with E-state index in [1.165, 1.54) is 0 Å². The third-order valence-corrected chi connectivity index (χ3v) is 3.00. The second-order valence-electron chi connectivity index (χ2n) is 3.71. The summed E-state index contributed by atoms with van der Waals surface area (Å²) in [5.74, 6) is 0. The van der Waals surface area contributed by atoms with Crippen molar-refractivity contribution in [1.29, 1.82) is 0 Å². The first kappa shape index (κ1) is 9.96. The van der Waals surface area contributed by atoms with Gasteiger partial charge in [0.1, 0.15) is 4.64 Å². The number of benzene rings is 1. The van der Waals surface area contributed by atoms with E-state index in [4.69, 9.17) is 21.7 Å². The van der Waals surface area contributed by atoms with Crippen LogP contribution < -0.4 is 0 Å². The molecule has 1 aromatic heterocycles. The molecule has 1 aromatic carbocycles. The molecule has 1 aliphatic rings. The second-order valence-corrected chi connectivity index (χ2v) is 4.12. The highest BCUT2D eigenvalue weighted by atomic mass is 32.1. The SMILES string of the molecule is S=c1[nH]c2ccccc2cc1C1OCCO1. The van der Waals surface area contributed by atoms with Gasteiger partial charge in [-0.2, -0.15) is 0 Å². The molecule has 0 bridgehead atoms. The highest BCUT2D eigenvalue weighted by Gasteiger charge is 2.20. The molecule has 1 aliphatic heterocycles. The van der Waals surface area contributed by atoms with Crippen LogP contribution in [0.25, 0.3) is 10.9 Å². The first-order chi connectivity index (χ1) is 7.84. The van der Waals surface area contributed by atoms with Crippen molar-refractivity contribution in [2.45, 2.75) is 6.29 Å². The number of H-pyrrole nitrogens is 1. The third kappa shape index (κ3) is 1.65. The van der Waals surface area contributed by atoms with Crippen LogP contribution in [0.3, 0.4) is 0 Å². The zero-order chi connectivity index (χ0) is 11.0. The van der Waals surface area contributed by atoms with Gasteiger partial charge in [-0.05, 0) is 17.5 Å². The minimum absolute atomic E-state index is 0.312. The summed E-state index contributed by atoms with van der Waals surface area (Å²) in [7, 11) is 0. The van der Waals surface area contributed by atoms with E-state index in [0.29, 0.717) is 17.9 Å². The summed E-state index contributed by atoms with van der Waals surface area (Å²) in [6.45, 7) is 1.26. The lowest BCUT2D eigenvalue weighted by Crippen LogP contribution is -2.00. The Balaban J connectivity index is 2.17. The molecule has 0 saturated carbocycles. The number of hydrogen-bond donors (Lipinski definition) is 1. The Kier molecular flexibility index (Phi) is 2.47. The summed E-state index contributed by atoms with van der Waals surface area (Å²) in [6, 6.07) is 10.1. The fraction of sp³-hybridized carbons (Fsp3) is 0.250. The van der Waals surface area contributed by atoms with Crippen molar-refractivity contribution in [1.82, 2.24) is 4.98 Å². The summed E-state index contributed by atoms with van der Waals surface area (Å²) in [5.41, 5.74) is 1.94. The number of hydrogen-bond acceptors (Lipinski definition) is 3. The smallest absolute Gasteiger partial charge is 0.186 e. The van der Waals surface area contributed by atoms with Crippen molar-refractivity contribution in [3.63, 3.8) is 0 Å². The van der Waals surface area contributed by atoms with Crippen LogP contribution in [0.4, 0.5) is 0 Å². The quantitative estimate of drug-likeness (QED) is 0.769. The van der Waals surface area contributed by atoms with Gasteiger partial charge in [0.25, 0.3) is 0 Å². The topological polar surface area (TPSA) is 34.2 Å². The number of rotatable bonds is 1. The first-order valence-electron chi connectivity index (χ1n) is 5.20. The van der Waals surface area contributed by atoms with E-state index in [9.17, 15) is 0 Å². The zero-order valence-corrected chi connectivity index (χ0v) is 9.42. The molecule has 2 aromatic rings. The van der Waals surface area contributed by atoms with Crippen LogP contribution in [0.2, 0.25) is 0 Å². The van der Waals surface area contributed by atoms with E-state index in [1.54, 1.807) is 0 Å². The number of aromatic nitrogens is 1. The average Bonchev–Trinajstić information content (AvgIpc) is 2.81. The highest BCUT2D eigenvalue weighted by molar-refractivity contribution is 7.71. The molecule has 3 rings (SSSR count). The summed E-state index contributed by atoms with van der Waals surface area (Å²) in [6.07, 6.45) is -0.312.